The number of ether oxygens (including phenoxy) is 1. The molecular weight excluding hydrogens is 190 g/mol. The van der Waals surface area contributed by atoms with Crippen molar-refractivity contribution in [2.75, 3.05) is 20.7 Å². The van der Waals surface area contributed by atoms with E-state index in [9.17, 15) is 4.79 Å². The second-order valence-electron chi connectivity index (χ2n) is 3.55. The van der Waals surface area contributed by atoms with Gasteiger partial charge in [0.2, 0.25) is 0 Å². The van der Waals surface area contributed by atoms with E-state index in [0.29, 0.717) is 6.54 Å². The SMILES string of the molecule is CNCC(C)C(=O)c1ccc(OC)cc1. The fourth-order valence-corrected chi connectivity index (χ4v) is 1.44. The van der Waals surface area contributed by atoms with Crippen molar-refractivity contribution < 1.29 is 9.53 Å². The molecule has 3 nitrogen and oxygen atoms in total. The predicted octanol–water partition coefficient (Wildman–Crippen LogP) is 1.73. The van der Waals surface area contributed by atoms with Crippen LogP contribution in [0.5, 0.6) is 5.75 Å². The fraction of sp³-hybridized carbons (Fsp3) is 0.417. The molecule has 0 spiro atoms. The highest BCUT2D eigenvalue weighted by atomic mass is 16.5. The van der Waals surface area contributed by atoms with E-state index in [0.717, 1.165) is 11.3 Å². The van der Waals surface area contributed by atoms with E-state index >= 15 is 0 Å². The first-order chi connectivity index (χ1) is 7.19. The Morgan fingerprint density at radius 3 is 2.47 bits per heavy atom. The van der Waals surface area contributed by atoms with Gasteiger partial charge in [-0.1, -0.05) is 6.92 Å². The van der Waals surface area contributed by atoms with Gasteiger partial charge in [0, 0.05) is 18.0 Å². The zero-order chi connectivity index (χ0) is 11.3. The predicted molar refractivity (Wildman–Crippen MR) is 60.4 cm³/mol. The molecule has 0 aliphatic rings. The van der Waals surface area contributed by atoms with Crippen molar-refractivity contribution in [3.63, 3.8) is 0 Å². The summed E-state index contributed by atoms with van der Waals surface area (Å²) in [6.45, 7) is 2.62. The Labute approximate surface area is 90.4 Å². The van der Waals surface area contributed by atoms with Crippen molar-refractivity contribution in [1.82, 2.24) is 5.32 Å². The third-order valence-electron chi connectivity index (χ3n) is 2.33. The highest BCUT2D eigenvalue weighted by molar-refractivity contribution is 5.97. The van der Waals surface area contributed by atoms with Gasteiger partial charge in [0.25, 0.3) is 0 Å². The Hall–Kier alpha value is -1.35. The highest BCUT2D eigenvalue weighted by Crippen LogP contribution is 2.14. The summed E-state index contributed by atoms with van der Waals surface area (Å²) < 4.78 is 5.03. The number of rotatable bonds is 5. The fourth-order valence-electron chi connectivity index (χ4n) is 1.44. The number of carbonyl (C=O) groups excluding carboxylic acids is 1. The van der Waals surface area contributed by atoms with Crippen molar-refractivity contribution in [2.24, 2.45) is 5.92 Å². The van der Waals surface area contributed by atoms with Gasteiger partial charge in [0.05, 0.1) is 7.11 Å². The lowest BCUT2D eigenvalue weighted by Crippen LogP contribution is -2.23. The summed E-state index contributed by atoms with van der Waals surface area (Å²) in [4.78, 5) is 11.9. The summed E-state index contributed by atoms with van der Waals surface area (Å²) in [5.41, 5.74) is 0.735. The Morgan fingerprint density at radius 1 is 1.40 bits per heavy atom. The van der Waals surface area contributed by atoms with Gasteiger partial charge >= 0.3 is 0 Å². The zero-order valence-electron chi connectivity index (χ0n) is 9.41. The van der Waals surface area contributed by atoms with Crippen LogP contribution in [-0.4, -0.2) is 26.5 Å². The maximum absolute atomic E-state index is 11.9. The molecule has 1 rings (SSSR count). The van der Waals surface area contributed by atoms with E-state index in [1.54, 1.807) is 31.4 Å². The number of carbonyl (C=O) groups is 1. The van der Waals surface area contributed by atoms with Crippen LogP contribution >= 0.6 is 0 Å². The largest absolute Gasteiger partial charge is 0.497 e. The Bertz CT molecular complexity index is 319. The summed E-state index contributed by atoms with van der Waals surface area (Å²) in [5, 5.41) is 3.00. The smallest absolute Gasteiger partial charge is 0.166 e. The highest BCUT2D eigenvalue weighted by Gasteiger charge is 2.13. The zero-order valence-corrected chi connectivity index (χ0v) is 9.41. The minimum atomic E-state index is 0.00314. The van der Waals surface area contributed by atoms with E-state index in [1.807, 2.05) is 14.0 Å². The molecule has 0 saturated carbocycles. The lowest BCUT2D eigenvalue weighted by molar-refractivity contribution is 0.0930. The maximum atomic E-state index is 11.9. The quantitative estimate of drug-likeness (QED) is 0.747. The second kappa shape index (κ2) is 5.51. The molecule has 0 bridgehead atoms. The number of hydrogen-bond donors (Lipinski definition) is 1. The lowest BCUT2D eigenvalue weighted by Gasteiger charge is -2.09. The lowest BCUT2D eigenvalue weighted by atomic mass is 9.99. The van der Waals surface area contributed by atoms with Gasteiger partial charge in [0.1, 0.15) is 5.75 Å². The van der Waals surface area contributed by atoms with Crippen molar-refractivity contribution in [2.45, 2.75) is 6.92 Å². The van der Waals surface area contributed by atoms with Crippen molar-refractivity contribution >= 4 is 5.78 Å². The van der Waals surface area contributed by atoms with Crippen LogP contribution in [0.3, 0.4) is 0 Å². The molecule has 1 aromatic rings. The van der Waals surface area contributed by atoms with Gasteiger partial charge in [-0.25, -0.2) is 0 Å². The number of benzene rings is 1. The van der Waals surface area contributed by atoms with Crippen LogP contribution in [0.2, 0.25) is 0 Å². The van der Waals surface area contributed by atoms with Crippen LogP contribution in [-0.2, 0) is 0 Å². The van der Waals surface area contributed by atoms with Crippen LogP contribution in [0.15, 0.2) is 24.3 Å². The number of hydrogen-bond acceptors (Lipinski definition) is 3. The van der Waals surface area contributed by atoms with Gasteiger partial charge in [-0.2, -0.15) is 0 Å². The van der Waals surface area contributed by atoms with Crippen LogP contribution in [0.25, 0.3) is 0 Å². The van der Waals surface area contributed by atoms with Crippen molar-refractivity contribution in [1.29, 1.82) is 0 Å². The number of ketones is 1. The molecule has 0 aromatic heterocycles. The van der Waals surface area contributed by atoms with Crippen molar-refractivity contribution in [3.05, 3.63) is 29.8 Å². The molecule has 82 valence electrons. The van der Waals surface area contributed by atoms with Crippen molar-refractivity contribution in [3.8, 4) is 5.75 Å². The minimum Gasteiger partial charge on any atom is -0.497 e. The van der Waals surface area contributed by atoms with E-state index in [1.165, 1.54) is 0 Å². The Kier molecular flexibility index (Phi) is 4.31. The molecule has 1 aromatic carbocycles. The molecule has 15 heavy (non-hydrogen) atoms. The molecule has 0 radical (unpaired) electrons. The molecule has 3 heteroatoms. The summed E-state index contributed by atoms with van der Waals surface area (Å²) >= 11 is 0. The number of Topliss-reactive ketones (excluding diaryl/α,β-unsaturated/α-hetero) is 1. The molecule has 0 aliphatic carbocycles. The first kappa shape index (κ1) is 11.7. The second-order valence-corrected chi connectivity index (χ2v) is 3.55. The van der Waals surface area contributed by atoms with Gasteiger partial charge in [-0.15, -0.1) is 0 Å². The topological polar surface area (TPSA) is 38.3 Å². The summed E-state index contributed by atoms with van der Waals surface area (Å²) in [6, 6.07) is 7.21. The molecule has 0 saturated heterocycles. The van der Waals surface area contributed by atoms with Crippen LogP contribution in [0.1, 0.15) is 17.3 Å². The third kappa shape index (κ3) is 3.06. The molecule has 0 fully saturated rings. The standard InChI is InChI=1S/C12H17NO2/c1-9(8-13-2)12(14)10-4-6-11(15-3)7-5-10/h4-7,9,13H,8H2,1-3H3. The Morgan fingerprint density at radius 2 is 2.00 bits per heavy atom. The molecule has 1 unspecified atom stereocenters. The molecule has 1 atom stereocenters. The molecular formula is C12H17NO2. The average molecular weight is 207 g/mol. The molecule has 0 amide bonds. The number of nitrogens with one attached hydrogen (secondary N) is 1. The van der Waals surface area contributed by atoms with Gasteiger partial charge < -0.3 is 10.1 Å². The third-order valence-corrected chi connectivity index (χ3v) is 2.33. The average Bonchev–Trinajstić information content (AvgIpc) is 2.28. The molecule has 0 heterocycles. The van der Waals surface area contributed by atoms with Gasteiger partial charge in [0.15, 0.2) is 5.78 Å². The summed E-state index contributed by atoms with van der Waals surface area (Å²) in [5.74, 6) is 0.934. The van der Waals surface area contributed by atoms with Crippen LogP contribution in [0.4, 0.5) is 0 Å². The number of methoxy groups -OCH3 is 1. The van der Waals surface area contributed by atoms with E-state index in [2.05, 4.69) is 5.32 Å². The van der Waals surface area contributed by atoms with E-state index in [-0.39, 0.29) is 11.7 Å². The van der Waals surface area contributed by atoms with Gasteiger partial charge in [-0.05, 0) is 31.3 Å². The molecule has 0 aliphatic heterocycles. The summed E-state index contributed by atoms with van der Waals surface area (Å²) in [7, 11) is 3.46. The monoisotopic (exact) mass is 207 g/mol. The van der Waals surface area contributed by atoms with E-state index in [4.69, 9.17) is 4.74 Å². The van der Waals surface area contributed by atoms with E-state index < -0.39 is 0 Å². The Balaban J connectivity index is 2.73. The normalized spacial score (nSPS) is 12.2. The first-order valence-corrected chi connectivity index (χ1v) is 5.02. The van der Waals surface area contributed by atoms with Gasteiger partial charge in [-0.3, -0.25) is 4.79 Å². The minimum absolute atomic E-state index is 0.00314. The summed E-state index contributed by atoms with van der Waals surface area (Å²) in [6.07, 6.45) is 0. The van der Waals surface area contributed by atoms with Crippen LogP contribution in [0, 0.1) is 5.92 Å². The first-order valence-electron chi connectivity index (χ1n) is 5.02. The molecule has 1 N–H and O–H groups in total. The maximum Gasteiger partial charge on any atom is 0.166 e. The van der Waals surface area contributed by atoms with Crippen LogP contribution < -0.4 is 10.1 Å².